The van der Waals surface area contributed by atoms with Gasteiger partial charge in [-0.05, 0) is 31.1 Å². The molecule has 0 aromatic rings. The van der Waals surface area contributed by atoms with Gasteiger partial charge in [-0.25, -0.2) is 0 Å². The Kier molecular flexibility index (Phi) is 6.16. The molecule has 0 spiro atoms. The molecule has 1 saturated carbocycles. The number of ether oxygens (including phenoxy) is 1. The Morgan fingerprint density at radius 2 is 1.94 bits per heavy atom. The van der Waals surface area contributed by atoms with Gasteiger partial charge in [0.05, 0.1) is 6.42 Å². The van der Waals surface area contributed by atoms with E-state index in [0.29, 0.717) is 18.4 Å². The van der Waals surface area contributed by atoms with Gasteiger partial charge in [0.1, 0.15) is 6.10 Å². The third-order valence-corrected chi connectivity index (χ3v) is 3.60. The first-order valence-corrected chi connectivity index (χ1v) is 6.94. The van der Waals surface area contributed by atoms with Crippen molar-refractivity contribution in [3.05, 3.63) is 0 Å². The highest BCUT2D eigenvalue weighted by molar-refractivity contribution is 5.74. The fraction of sp³-hybridized carbons (Fsp3) is 0.857. The van der Waals surface area contributed by atoms with Crippen LogP contribution in [0.3, 0.4) is 0 Å². The minimum atomic E-state index is -0.193. The van der Waals surface area contributed by atoms with E-state index in [0.717, 1.165) is 19.3 Å². The van der Waals surface area contributed by atoms with Crippen molar-refractivity contribution in [3.8, 4) is 0 Å². The fourth-order valence-corrected chi connectivity index (χ4v) is 2.60. The van der Waals surface area contributed by atoms with Crippen molar-refractivity contribution in [2.75, 3.05) is 6.54 Å². The Balaban J connectivity index is 2.34. The summed E-state index contributed by atoms with van der Waals surface area (Å²) < 4.78 is 5.56. The molecule has 1 aliphatic rings. The quantitative estimate of drug-likeness (QED) is 0.767. The van der Waals surface area contributed by atoms with Crippen LogP contribution in [-0.4, -0.2) is 24.5 Å². The lowest BCUT2D eigenvalue weighted by atomic mass is 9.79. The summed E-state index contributed by atoms with van der Waals surface area (Å²) in [7, 11) is 0. The maximum atomic E-state index is 11.7. The molecule has 0 saturated heterocycles. The molecule has 1 fully saturated rings. The molecule has 18 heavy (non-hydrogen) atoms. The second-order valence-electron chi connectivity index (χ2n) is 5.45. The Hall–Kier alpha value is -1.06. The Morgan fingerprint density at radius 3 is 2.56 bits per heavy atom. The average Bonchev–Trinajstić information content (AvgIpc) is 2.28. The summed E-state index contributed by atoms with van der Waals surface area (Å²) >= 11 is 0. The van der Waals surface area contributed by atoms with Gasteiger partial charge in [-0.15, -0.1) is 0 Å². The molecule has 2 unspecified atom stereocenters. The minimum absolute atomic E-state index is 0.0728. The average molecular weight is 255 g/mol. The molecule has 0 radical (unpaired) electrons. The van der Waals surface area contributed by atoms with Crippen LogP contribution in [0.2, 0.25) is 0 Å². The van der Waals surface area contributed by atoms with Gasteiger partial charge in [0.2, 0.25) is 5.91 Å². The zero-order chi connectivity index (χ0) is 13.5. The first-order chi connectivity index (χ1) is 8.50. The van der Waals surface area contributed by atoms with Crippen molar-refractivity contribution in [3.63, 3.8) is 0 Å². The van der Waals surface area contributed by atoms with Gasteiger partial charge in [-0.2, -0.15) is 0 Å². The molecule has 0 heterocycles. The van der Waals surface area contributed by atoms with Crippen LogP contribution >= 0.6 is 0 Å². The van der Waals surface area contributed by atoms with Gasteiger partial charge in [-0.1, -0.05) is 20.3 Å². The highest BCUT2D eigenvalue weighted by Gasteiger charge is 2.30. The number of nitrogens with one attached hydrogen (secondary N) is 1. The van der Waals surface area contributed by atoms with Crippen LogP contribution in [0, 0.1) is 11.8 Å². The van der Waals surface area contributed by atoms with E-state index in [1.165, 1.54) is 13.3 Å². The predicted octanol–water partition coefficient (Wildman–Crippen LogP) is 2.27. The van der Waals surface area contributed by atoms with Crippen LogP contribution in [0.15, 0.2) is 0 Å². The molecule has 2 atom stereocenters. The summed E-state index contributed by atoms with van der Waals surface area (Å²) in [5.74, 6) is 0.740. The number of carbonyl (C=O) groups is 2. The van der Waals surface area contributed by atoms with Gasteiger partial charge in [0.25, 0.3) is 0 Å². The molecule has 104 valence electrons. The summed E-state index contributed by atoms with van der Waals surface area (Å²) in [6.07, 6.45) is 4.86. The molecule has 0 aliphatic heterocycles. The molecule has 1 amide bonds. The summed E-state index contributed by atoms with van der Waals surface area (Å²) in [5, 5.41) is 2.61. The first kappa shape index (κ1) is 15.0. The zero-order valence-corrected chi connectivity index (χ0v) is 11.7. The second kappa shape index (κ2) is 7.39. The topological polar surface area (TPSA) is 55.4 Å². The zero-order valence-electron chi connectivity index (χ0n) is 11.7. The van der Waals surface area contributed by atoms with Crippen LogP contribution in [0.4, 0.5) is 0 Å². The third kappa shape index (κ3) is 5.07. The van der Waals surface area contributed by atoms with Gasteiger partial charge < -0.3 is 10.1 Å². The number of hydrogen-bond donors (Lipinski definition) is 1. The molecule has 0 aromatic carbocycles. The van der Waals surface area contributed by atoms with E-state index in [-0.39, 0.29) is 24.4 Å². The molecule has 0 bridgehead atoms. The van der Waals surface area contributed by atoms with Gasteiger partial charge >= 0.3 is 5.97 Å². The highest BCUT2D eigenvalue weighted by Crippen LogP contribution is 2.32. The van der Waals surface area contributed by atoms with Crippen LogP contribution in [0.25, 0.3) is 0 Å². The van der Waals surface area contributed by atoms with Gasteiger partial charge in [-0.3, -0.25) is 9.59 Å². The summed E-state index contributed by atoms with van der Waals surface area (Å²) in [6, 6.07) is 0. The maximum Gasteiger partial charge on any atom is 0.307 e. The van der Waals surface area contributed by atoms with Gasteiger partial charge in [0, 0.05) is 13.5 Å². The Morgan fingerprint density at radius 1 is 1.28 bits per heavy atom. The van der Waals surface area contributed by atoms with Crippen LogP contribution in [0.5, 0.6) is 0 Å². The summed E-state index contributed by atoms with van der Waals surface area (Å²) in [6.45, 7) is 6.19. The van der Waals surface area contributed by atoms with Crippen molar-refractivity contribution < 1.29 is 14.3 Å². The molecule has 4 nitrogen and oxygen atoms in total. The highest BCUT2D eigenvalue weighted by atomic mass is 16.5. The van der Waals surface area contributed by atoms with Crippen molar-refractivity contribution in [1.82, 2.24) is 5.32 Å². The van der Waals surface area contributed by atoms with E-state index >= 15 is 0 Å². The second-order valence-corrected chi connectivity index (χ2v) is 5.45. The lowest BCUT2D eigenvalue weighted by Gasteiger charge is -2.33. The van der Waals surface area contributed by atoms with Crippen molar-refractivity contribution in [1.29, 1.82) is 0 Å². The summed E-state index contributed by atoms with van der Waals surface area (Å²) in [5.41, 5.74) is 0. The molecule has 1 aliphatic carbocycles. The van der Waals surface area contributed by atoms with Gasteiger partial charge in [0.15, 0.2) is 0 Å². The molecule has 1 rings (SSSR count). The first-order valence-electron chi connectivity index (χ1n) is 6.94. The lowest BCUT2D eigenvalue weighted by molar-refractivity contribution is -0.154. The third-order valence-electron chi connectivity index (χ3n) is 3.60. The maximum absolute atomic E-state index is 11.7. The SMILES string of the molecule is CC(=O)NCCC(=O)OC1CCCCC1C(C)C. The van der Waals surface area contributed by atoms with Crippen LogP contribution in [-0.2, 0) is 14.3 Å². The minimum Gasteiger partial charge on any atom is -0.462 e. The number of carbonyl (C=O) groups excluding carboxylic acids is 2. The van der Waals surface area contributed by atoms with Crippen molar-refractivity contribution in [2.24, 2.45) is 11.8 Å². The van der Waals surface area contributed by atoms with Crippen LogP contribution in [0.1, 0.15) is 52.9 Å². The number of esters is 1. The van der Waals surface area contributed by atoms with Crippen LogP contribution < -0.4 is 5.32 Å². The molecule has 1 N–H and O–H groups in total. The van der Waals surface area contributed by atoms with Crippen molar-refractivity contribution in [2.45, 2.75) is 59.0 Å². The molecular weight excluding hydrogens is 230 g/mol. The van der Waals surface area contributed by atoms with E-state index in [1.54, 1.807) is 0 Å². The Bertz CT molecular complexity index is 289. The Labute approximate surface area is 109 Å². The van der Waals surface area contributed by atoms with E-state index in [4.69, 9.17) is 4.74 Å². The lowest BCUT2D eigenvalue weighted by Crippen LogP contribution is -2.34. The smallest absolute Gasteiger partial charge is 0.307 e. The normalized spacial score (nSPS) is 23.8. The van der Waals surface area contributed by atoms with E-state index in [2.05, 4.69) is 19.2 Å². The molecule has 4 heteroatoms. The van der Waals surface area contributed by atoms with E-state index in [1.807, 2.05) is 0 Å². The largest absolute Gasteiger partial charge is 0.462 e. The van der Waals surface area contributed by atoms with E-state index in [9.17, 15) is 9.59 Å². The number of rotatable bonds is 5. The predicted molar refractivity (Wildman–Crippen MR) is 70.0 cm³/mol. The number of amides is 1. The van der Waals surface area contributed by atoms with E-state index < -0.39 is 0 Å². The standard InChI is InChI=1S/C14H25NO3/c1-10(2)12-6-4-5-7-13(12)18-14(17)8-9-15-11(3)16/h10,12-13H,4-9H2,1-3H3,(H,15,16). The molecule has 0 aromatic heterocycles. The fourth-order valence-electron chi connectivity index (χ4n) is 2.60. The number of hydrogen-bond acceptors (Lipinski definition) is 3. The monoisotopic (exact) mass is 255 g/mol. The van der Waals surface area contributed by atoms with Crippen molar-refractivity contribution >= 4 is 11.9 Å². The molecular formula is C14H25NO3. The summed E-state index contributed by atoms with van der Waals surface area (Å²) in [4.78, 5) is 22.4.